The minimum Gasteiger partial charge on any atom is -0.321 e. The molecular weight excluding hydrogens is 430 g/mol. The largest absolute Gasteiger partial charge is 0.321 e. The predicted molar refractivity (Wildman–Crippen MR) is 114 cm³/mol. The summed E-state index contributed by atoms with van der Waals surface area (Å²) in [5.41, 5.74) is 0.736. The fraction of sp³-hybridized carbons (Fsp3) is 0.0500. The molecule has 8 nitrogen and oxygen atoms in total. The van der Waals surface area contributed by atoms with Gasteiger partial charge in [0.15, 0.2) is 0 Å². The monoisotopic (exact) mass is 445 g/mol. The summed E-state index contributed by atoms with van der Waals surface area (Å²) in [4.78, 5) is 23.2. The molecule has 0 heterocycles. The van der Waals surface area contributed by atoms with E-state index < -0.39 is 20.9 Å². The molecule has 0 unspecified atom stereocenters. The fourth-order valence-electron chi connectivity index (χ4n) is 2.72. The Morgan fingerprint density at radius 1 is 1.03 bits per heavy atom. The SMILES string of the molecule is Cc1c(NC(=O)c2ccc(NS(=O)(=O)c3ccccc3)cc2Cl)cccc1[N+](=O)[O-]. The van der Waals surface area contributed by atoms with Crippen LogP contribution < -0.4 is 10.0 Å². The molecule has 0 saturated heterocycles. The molecule has 0 aliphatic heterocycles. The summed E-state index contributed by atoms with van der Waals surface area (Å²) < 4.78 is 27.2. The second-order valence-corrected chi connectivity index (χ2v) is 8.36. The maximum absolute atomic E-state index is 12.6. The van der Waals surface area contributed by atoms with Crippen molar-refractivity contribution in [2.24, 2.45) is 0 Å². The molecule has 0 atom stereocenters. The minimum absolute atomic E-state index is 0.0174. The van der Waals surface area contributed by atoms with Crippen molar-refractivity contribution in [3.8, 4) is 0 Å². The van der Waals surface area contributed by atoms with Gasteiger partial charge in [0.25, 0.3) is 21.6 Å². The number of carbonyl (C=O) groups is 1. The highest BCUT2D eigenvalue weighted by Gasteiger charge is 2.18. The van der Waals surface area contributed by atoms with Gasteiger partial charge in [-0.15, -0.1) is 0 Å². The molecule has 0 fully saturated rings. The molecule has 30 heavy (non-hydrogen) atoms. The van der Waals surface area contributed by atoms with Gasteiger partial charge in [0.2, 0.25) is 0 Å². The zero-order valence-corrected chi connectivity index (χ0v) is 17.2. The summed E-state index contributed by atoms with van der Waals surface area (Å²) in [5.74, 6) is -0.582. The van der Waals surface area contributed by atoms with Crippen molar-refractivity contribution in [1.82, 2.24) is 0 Å². The van der Waals surface area contributed by atoms with Gasteiger partial charge in [-0.3, -0.25) is 19.6 Å². The number of hydrogen-bond donors (Lipinski definition) is 2. The van der Waals surface area contributed by atoms with E-state index in [1.54, 1.807) is 18.2 Å². The summed E-state index contributed by atoms with van der Waals surface area (Å²) in [6.45, 7) is 1.52. The Balaban J connectivity index is 1.81. The van der Waals surface area contributed by atoms with Crippen LogP contribution in [0.15, 0.2) is 71.6 Å². The highest BCUT2D eigenvalue weighted by atomic mass is 35.5. The van der Waals surface area contributed by atoms with Gasteiger partial charge in [0.1, 0.15) is 0 Å². The molecule has 0 radical (unpaired) electrons. The lowest BCUT2D eigenvalue weighted by molar-refractivity contribution is -0.385. The molecule has 0 aliphatic carbocycles. The van der Waals surface area contributed by atoms with Crippen molar-refractivity contribution in [1.29, 1.82) is 0 Å². The molecular formula is C20H16ClN3O5S. The van der Waals surface area contributed by atoms with Crippen molar-refractivity contribution in [3.05, 3.63) is 93.0 Å². The van der Waals surface area contributed by atoms with Crippen LogP contribution in [-0.4, -0.2) is 19.2 Å². The average Bonchev–Trinajstić information content (AvgIpc) is 2.69. The van der Waals surface area contributed by atoms with E-state index in [-0.39, 0.29) is 32.5 Å². The Kier molecular flexibility index (Phi) is 6.04. The van der Waals surface area contributed by atoms with Gasteiger partial charge in [-0.25, -0.2) is 8.42 Å². The maximum Gasteiger partial charge on any atom is 0.274 e. The standard InChI is InChI=1S/C20H16ClN3O5S/c1-13-18(8-5-9-19(13)24(26)27)22-20(25)16-11-10-14(12-17(16)21)23-30(28,29)15-6-3-2-4-7-15/h2-12,23H,1H3,(H,22,25). The van der Waals surface area contributed by atoms with Crippen LogP contribution in [0.3, 0.4) is 0 Å². The third kappa shape index (κ3) is 4.58. The Hall–Kier alpha value is -3.43. The van der Waals surface area contributed by atoms with Gasteiger partial charge >= 0.3 is 0 Å². The molecule has 3 rings (SSSR count). The van der Waals surface area contributed by atoms with E-state index in [9.17, 15) is 23.3 Å². The lowest BCUT2D eigenvalue weighted by Gasteiger charge is -2.12. The number of nitro groups is 1. The summed E-state index contributed by atoms with van der Waals surface area (Å²) in [5, 5.41) is 13.7. The Labute approximate surface area is 177 Å². The average molecular weight is 446 g/mol. The van der Waals surface area contributed by atoms with Crippen LogP contribution in [0.25, 0.3) is 0 Å². The Bertz CT molecular complexity index is 1230. The number of anilines is 2. The van der Waals surface area contributed by atoms with Crippen LogP contribution in [-0.2, 0) is 10.0 Å². The summed E-state index contributed by atoms with van der Waals surface area (Å²) in [7, 11) is -3.80. The molecule has 2 N–H and O–H groups in total. The first-order valence-corrected chi connectivity index (χ1v) is 10.5. The molecule has 0 bridgehead atoms. The van der Waals surface area contributed by atoms with Gasteiger partial charge in [-0.2, -0.15) is 0 Å². The van der Waals surface area contributed by atoms with E-state index in [0.29, 0.717) is 5.56 Å². The van der Waals surface area contributed by atoms with Crippen molar-refractivity contribution >= 4 is 44.6 Å². The van der Waals surface area contributed by atoms with E-state index >= 15 is 0 Å². The Morgan fingerprint density at radius 2 is 1.73 bits per heavy atom. The van der Waals surface area contributed by atoms with E-state index in [0.717, 1.165) is 0 Å². The van der Waals surface area contributed by atoms with Gasteiger partial charge in [0, 0.05) is 6.07 Å². The second-order valence-electron chi connectivity index (χ2n) is 6.27. The number of nitro benzene ring substituents is 1. The number of sulfonamides is 1. The van der Waals surface area contributed by atoms with Crippen molar-refractivity contribution in [2.75, 3.05) is 10.0 Å². The molecule has 0 aromatic heterocycles. The van der Waals surface area contributed by atoms with Crippen LogP contribution in [0, 0.1) is 17.0 Å². The zero-order chi connectivity index (χ0) is 21.9. The highest BCUT2D eigenvalue weighted by molar-refractivity contribution is 7.92. The lowest BCUT2D eigenvalue weighted by atomic mass is 10.1. The lowest BCUT2D eigenvalue weighted by Crippen LogP contribution is -2.15. The van der Waals surface area contributed by atoms with Crippen LogP contribution in [0.5, 0.6) is 0 Å². The van der Waals surface area contributed by atoms with Crippen molar-refractivity contribution in [3.63, 3.8) is 0 Å². The summed E-state index contributed by atoms with van der Waals surface area (Å²) >= 11 is 6.18. The molecule has 154 valence electrons. The molecule has 3 aromatic carbocycles. The predicted octanol–water partition coefficient (Wildman–Crippen LogP) is 4.61. The minimum atomic E-state index is -3.80. The third-order valence-corrected chi connectivity index (χ3v) is 5.98. The molecule has 10 heteroatoms. The van der Waals surface area contributed by atoms with Crippen LogP contribution in [0.1, 0.15) is 15.9 Å². The number of nitrogens with one attached hydrogen (secondary N) is 2. The Morgan fingerprint density at radius 3 is 2.37 bits per heavy atom. The number of carbonyl (C=O) groups excluding carboxylic acids is 1. The number of benzene rings is 3. The number of hydrogen-bond acceptors (Lipinski definition) is 5. The molecule has 3 aromatic rings. The first kappa shape index (κ1) is 21.3. The third-order valence-electron chi connectivity index (χ3n) is 4.27. The first-order chi connectivity index (χ1) is 14.2. The van der Waals surface area contributed by atoms with Gasteiger partial charge in [-0.05, 0) is 43.3 Å². The van der Waals surface area contributed by atoms with Gasteiger partial charge in [-0.1, -0.05) is 35.9 Å². The second kappa shape index (κ2) is 8.52. The summed E-state index contributed by atoms with van der Waals surface area (Å²) in [6, 6.07) is 16.2. The normalized spacial score (nSPS) is 11.0. The van der Waals surface area contributed by atoms with Gasteiger partial charge < -0.3 is 5.32 Å². The molecule has 0 aliphatic rings. The number of amides is 1. The topological polar surface area (TPSA) is 118 Å². The van der Waals surface area contributed by atoms with Crippen LogP contribution in [0.2, 0.25) is 5.02 Å². The number of rotatable bonds is 6. The quantitative estimate of drug-likeness (QED) is 0.424. The van der Waals surface area contributed by atoms with E-state index in [1.807, 2.05) is 0 Å². The summed E-state index contributed by atoms with van der Waals surface area (Å²) in [6.07, 6.45) is 0. The molecule has 0 spiro atoms. The van der Waals surface area contributed by atoms with Crippen molar-refractivity contribution < 1.29 is 18.1 Å². The maximum atomic E-state index is 12.6. The van der Waals surface area contributed by atoms with E-state index in [1.165, 1.54) is 55.5 Å². The van der Waals surface area contributed by atoms with E-state index in [4.69, 9.17) is 11.6 Å². The highest BCUT2D eigenvalue weighted by Crippen LogP contribution is 2.28. The fourth-order valence-corrected chi connectivity index (χ4v) is 4.06. The molecule has 1 amide bonds. The van der Waals surface area contributed by atoms with Gasteiger partial charge in [0.05, 0.1) is 37.3 Å². The number of halogens is 1. The first-order valence-electron chi connectivity index (χ1n) is 8.62. The van der Waals surface area contributed by atoms with E-state index in [2.05, 4.69) is 10.0 Å². The smallest absolute Gasteiger partial charge is 0.274 e. The van der Waals surface area contributed by atoms with Crippen LogP contribution in [0.4, 0.5) is 17.1 Å². The zero-order valence-electron chi connectivity index (χ0n) is 15.6. The van der Waals surface area contributed by atoms with Crippen LogP contribution >= 0.6 is 11.6 Å². The number of nitrogens with zero attached hydrogens (tertiary/aromatic N) is 1. The van der Waals surface area contributed by atoms with Crippen molar-refractivity contribution in [2.45, 2.75) is 11.8 Å². The molecule has 0 saturated carbocycles.